The van der Waals surface area contributed by atoms with E-state index < -0.39 is 16.1 Å². The summed E-state index contributed by atoms with van der Waals surface area (Å²) in [6, 6.07) is 47.3. The Morgan fingerprint density at radius 3 is 0.719 bits per heavy atom. The van der Waals surface area contributed by atoms with Gasteiger partial charge in [0.2, 0.25) is 0 Å². The second kappa shape index (κ2) is 29.4. The molecule has 0 aliphatic heterocycles. The molecule has 89 heavy (non-hydrogen) atoms. The fraction of sp³-hybridized carbons (Fsp3) is 0.586. The van der Waals surface area contributed by atoms with E-state index in [0.717, 1.165) is 0 Å². The monoisotopic (exact) mass is 1230 g/mol. The van der Waals surface area contributed by atoms with Crippen LogP contribution >= 0.6 is 0 Å². The first-order valence-electron chi connectivity index (χ1n) is 37.6. The van der Waals surface area contributed by atoms with E-state index in [4.69, 9.17) is 0 Å². The summed E-state index contributed by atoms with van der Waals surface area (Å²) in [4.78, 5) is 0. The van der Waals surface area contributed by atoms with Gasteiger partial charge in [0.05, 0.1) is 16.1 Å². The van der Waals surface area contributed by atoms with E-state index in [1.807, 2.05) is 0 Å². The molecule has 0 heterocycles. The van der Waals surface area contributed by atoms with Crippen molar-refractivity contribution in [1.29, 1.82) is 0 Å². The maximum atomic E-state index is 2.77. The first kappa shape index (κ1) is 69.1. The number of benzene rings is 6. The van der Waals surface area contributed by atoms with Crippen molar-refractivity contribution in [2.45, 2.75) is 293 Å². The summed E-state index contributed by atoms with van der Waals surface area (Å²) in [6.45, 7) is 45.0. The fourth-order valence-corrected chi connectivity index (χ4v) is 20.3. The molecule has 6 aromatic carbocycles. The van der Waals surface area contributed by atoms with Gasteiger partial charge < -0.3 is 0 Å². The molecule has 9 rings (SSSR count). The molecule has 6 aromatic rings. The zero-order valence-electron chi connectivity index (χ0n) is 60.3. The molecule has 0 aromatic heterocycles. The Hall–Kier alpha value is -4.25. The van der Waals surface area contributed by atoms with E-state index in [-0.39, 0.29) is 16.2 Å². The Labute approximate surface area is 549 Å². The Morgan fingerprint density at radius 1 is 0.281 bits per heavy atom. The van der Waals surface area contributed by atoms with Gasteiger partial charge in [0, 0.05) is 16.2 Å². The Bertz CT molecular complexity index is 3060. The van der Waals surface area contributed by atoms with E-state index >= 15 is 0 Å². The van der Waals surface area contributed by atoms with Gasteiger partial charge in [0.25, 0.3) is 0 Å². The minimum absolute atomic E-state index is 0.00411. The van der Waals surface area contributed by atoms with Crippen LogP contribution in [0.15, 0.2) is 109 Å². The molecule has 0 N–H and O–H groups in total. The number of unbranched alkanes of at least 4 members (excludes halogenated alkanes) is 4. The van der Waals surface area contributed by atoms with E-state index in [1.165, 1.54) is 210 Å². The number of rotatable bonds is 34. The lowest BCUT2D eigenvalue weighted by Crippen LogP contribution is -2.39. The van der Waals surface area contributed by atoms with E-state index in [2.05, 4.69) is 232 Å². The molecular weight excluding hydrogens is 1100 g/mol. The van der Waals surface area contributed by atoms with Crippen LogP contribution in [0, 0.1) is 35.5 Å². The minimum Gasteiger partial charge on any atom is -0.0656 e. The largest absolute Gasteiger partial charge is 0.0776 e. The van der Waals surface area contributed by atoms with Crippen LogP contribution in [-0.4, -0.2) is 16.1 Å². The molecule has 3 aliphatic carbocycles. The first-order chi connectivity index (χ1) is 42.7. The summed E-state index contributed by atoms with van der Waals surface area (Å²) in [7, 11) is -3.20. The van der Waals surface area contributed by atoms with Crippen molar-refractivity contribution in [2.24, 2.45) is 35.5 Å². The predicted molar refractivity (Wildman–Crippen MR) is 402 cm³/mol. The molecule has 6 unspecified atom stereocenters. The lowest BCUT2D eigenvalue weighted by Gasteiger charge is -2.39. The highest BCUT2D eigenvalue weighted by Gasteiger charge is 2.49. The maximum absolute atomic E-state index is 2.77. The molecule has 0 fully saturated rings. The van der Waals surface area contributed by atoms with Gasteiger partial charge in [-0.15, -0.1) is 0 Å². The molecule has 0 bridgehead atoms. The van der Waals surface area contributed by atoms with Crippen molar-refractivity contribution in [2.75, 3.05) is 0 Å². The minimum atomic E-state index is -1.60. The van der Waals surface area contributed by atoms with Crippen molar-refractivity contribution in [3.05, 3.63) is 143 Å². The summed E-state index contributed by atoms with van der Waals surface area (Å²) < 4.78 is 0. The fourth-order valence-electron chi connectivity index (χ4n) is 17.9. The third-order valence-corrected chi connectivity index (χ3v) is 28.1. The van der Waals surface area contributed by atoms with Gasteiger partial charge in [0.1, 0.15) is 0 Å². The zero-order chi connectivity index (χ0) is 64.1. The van der Waals surface area contributed by atoms with Gasteiger partial charge >= 0.3 is 0 Å². The van der Waals surface area contributed by atoms with Crippen LogP contribution < -0.4 is 10.4 Å². The van der Waals surface area contributed by atoms with Crippen LogP contribution in [0.1, 0.15) is 271 Å². The molecule has 3 aliphatic rings. The number of hydrogen-bond donors (Lipinski definition) is 0. The van der Waals surface area contributed by atoms with Gasteiger partial charge in [-0.2, -0.15) is 0 Å². The van der Waals surface area contributed by atoms with Crippen LogP contribution in [0.25, 0.3) is 55.6 Å². The van der Waals surface area contributed by atoms with Gasteiger partial charge in [0.15, 0.2) is 0 Å². The molecule has 0 nitrogen and oxygen atoms in total. The molecule has 6 atom stereocenters. The molecule has 0 spiro atoms. The Balaban J connectivity index is 1.23. The van der Waals surface area contributed by atoms with Crippen LogP contribution in [0.4, 0.5) is 0 Å². The summed E-state index contributed by atoms with van der Waals surface area (Å²) in [5, 5.41) is 3.24. The molecule has 2 heteroatoms. The van der Waals surface area contributed by atoms with Crippen LogP contribution in [0.3, 0.4) is 0 Å². The quantitative estimate of drug-likeness (QED) is 0.0353. The lowest BCUT2D eigenvalue weighted by molar-refractivity contribution is 0.266. The standard InChI is InChI=1S/C87H126Si2/c1-19-29-33-63(25-7)57-86(58-64(26-8)34-30-20-2)81-51-69(39-45-75(81)77-47-41-71(53-83(77)86)88(13,14)15)67-37-43-73-74-44-38-68(50-80(74)85(79(73)49-67,55-61(11)23-5)56-62(12)24-6)70-40-46-76-78-48-42-72(89(16,17)18)54-84(78)87(82(76)52-70,59-65(27-9)35-31-21-3)60-66(28-10)36-32-22-4/h37-54,61-66H,19-36,55-60H2,1-18H3. The van der Waals surface area contributed by atoms with E-state index in [9.17, 15) is 0 Å². The first-order valence-corrected chi connectivity index (χ1v) is 44.6. The maximum Gasteiger partial charge on any atom is 0.0776 e. The third-order valence-electron chi connectivity index (χ3n) is 24.0. The van der Waals surface area contributed by atoms with Gasteiger partial charge in [-0.25, -0.2) is 0 Å². The van der Waals surface area contributed by atoms with Crippen LogP contribution in [-0.2, 0) is 16.2 Å². The van der Waals surface area contributed by atoms with Crippen molar-refractivity contribution < 1.29 is 0 Å². The summed E-state index contributed by atoms with van der Waals surface area (Å²) in [5.41, 5.74) is 24.3. The average Bonchev–Trinajstić information content (AvgIpc) is 1.60. The Morgan fingerprint density at radius 2 is 0.506 bits per heavy atom. The van der Waals surface area contributed by atoms with Gasteiger partial charge in [-0.05, 0) is 187 Å². The number of fused-ring (bicyclic) bond motifs is 9. The highest BCUT2D eigenvalue weighted by atomic mass is 28.3. The molecule has 482 valence electrons. The van der Waals surface area contributed by atoms with Crippen molar-refractivity contribution in [1.82, 2.24) is 0 Å². The van der Waals surface area contributed by atoms with Crippen molar-refractivity contribution in [3.63, 3.8) is 0 Å². The smallest absolute Gasteiger partial charge is 0.0656 e. The van der Waals surface area contributed by atoms with E-state index in [1.54, 1.807) is 43.8 Å². The number of hydrogen-bond acceptors (Lipinski definition) is 0. The summed E-state index contributed by atoms with van der Waals surface area (Å²) in [6.07, 6.45) is 30.5. The molecule has 0 amide bonds. The van der Waals surface area contributed by atoms with Gasteiger partial charge in [-0.1, -0.05) is 333 Å². The molecular formula is C87H126Si2. The molecule has 0 saturated heterocycles. The third kappa shape index (κ3) is 14.0. The zero-order valence-corrected chi connectivity index (χ0v) is 62.3. The normalized spacial score (nSPS) is 20.3. The van der Waals surface area contributed by atoms with Crippen molar-refractivity contribution >= 4 is 26.5 Å². The highest BCUT2D eigenvalue weighted by Crippen LogP contribution is 2.61. The van der Waals surface area contributed by atoms with Crippen molar-refractivity contribution in [3.8, 4) is 55.6 Å². The molecule has 0 saturated carbocycles. The predicted octanol–water partition coefficient (Wildman–Crippen LogP) is 26.2. The SMILES string of the molecule is CCCCC(CC)CC1(CC(CC)CCCC)c2cc(-c3ccc4c(c3)C(CC(C)CC)(CC(C)CC)c3cc(-c5ccc6c(c5)C(CC(CC)CCCC)(CC(CC)CCCC)c5cc([Si](C)(C)C)ccc5-6)ccc3-4)ccc2-c2ccc([Si](C)(C)C)cc21. The summed E-state index contributed by atoms with van der Waals surface area (Å²) >= 11 is 0. The van der Waals surface area contributed by atoms with E-state index in [0.29, 0.717) is 35.5 Å². The Kier molecular flexibility index (Phi) is 22.8. The van der Waals surface area contributed by atoms with Crippen LogP contribution in [0.2, 0.25) is 39.3 Å². The highest BCUT2D eigenvalue weighted by molar-refractivity contribution is 6.89. The lowest BCUT2D eigenvalue weighted by atomic mass is 9.64. The molecule has 0 radical (unpaired) electrons. The van der Waals surface area contributed by atoms with Gasteiger partial charge in [-0.3, -0.25) is 0 Å². The second-order valence-electron chi connectivity index (χ2n) is 32.2. The van der Waals surface area contributed by atoms with Crippen LogP contribution in [0.5, 0.6) is 0 Å². The summed E-state index contributed by atoms with van der Waals surface area (Å²) in [5.74, 6) is 3.98. The topological polar surface area (TPSA) is 0 Å². The second-order valence-corrected chi connectivity index (χ2v) is 42.4. The average molecular weight is 1230 g/mol.